The molecule has 3 N–H and O–H groups in total. The van der Waals surface area contributed by atoms with E-state index in [0.717, 1.165) is 17.7 Å². The molecule has 1 aromatic carbocycles. The van der Waals surface area contributed by atoms with Crippen LogP contribution in [0.4, 0.5) is 5.13 Å². The van der Waals surface area contributed by atoms with Gasteiger partial charge >= 0.3 is 0 Å². The standard InChI is InChI=1S/C23H30N4O7S2/c1-32-14-19-13-24-23(35-19)26-22(29)21(27-34-17-7-6-16(28)11-17)15-4-8-20(9-5-15)36(30,31)25-12-18-3-2-10-33-18/h4-5,8-9,13,16-18,25,28H,2-3,6-7,10-12,14H2,1H3,(H,24,26,29)/b27-21+/t16-,17-,18-/m1/s1. The molecule has 1 aromatic heterocycles. The van der Waals surface area contributed by atoms with E-state index < -0.39 is 22.0 Å². The van der Waals surface area contributed by atoms with Crippen LogP contribution < -0.4 is 10.0 Å². The molecule has 1 aliphatic heterocycles. The summed E-state index contributed by atoms with van der Waals surface area (Å²) in [6.07, 6.45) is 4.12. The normalized spacial score (nSPS) is 22.6. The van der Waals surface area contributed by atoms with Gasteiger partial charge in [0, 0.05) is 38.4 Å². The van der Waals surface area contributed by atoms with Crippen LogP contribution in [0.5, 0.6) is 0 Å². The van der Waals surface area contributed by atoms with Gasteiger partial charge in [0.05, 0.1) is 28.6 Å². The number of nitrogens with zero attached hydrogens (tertiary/aromatic N) is 2. The summed E-state index contributed by atoms with van der Waals surface area (Å²) >= 11 is 1.27. The molecule has 0 spiro atoms. The van der Waals surface area contributed by atoms with Gasteiger partial charge in [-0.2, -0.15) is 0 Å². The SMILES string of the molecule is COCc1cnc(NC(=O)/C(=N/O[C@@H]2CC[C@@H](O)C2)c2ccc(S(=O)(=O)NC[C@H]3CCCO3)cc2)s1. The van der Waals surface area contributed by atoms with E-state index in [4.69, 9.17) is 14.3 Å². The number of carbonyl (C=O) groups excluding carboxylic acids is 1. The van der Waals surface area contributed by atoms with Crippen LogP contribution in [0.25, 0.3) is 0 Å². The highest BCUT2D eigenvalue weighted by Gasteiger charge is 2.26. The van der Waals surface area contributed by atoms with Crippen molar-refractivity contribution >= 4 is 38.1 Å². The number of aliphatic hydroxyl groups is 1. The molecule has 1 amide bonds. The summed E-state index contributed by atoms with van der Waals surface area (Å²) < 4.78 is 38.5. The first-order valence-electron chi connectivity index (χ1n) is 11.7. The number of oxime groups is 1. The zero-order valence-corrected chi connectivity index (χ0v) is 21.5. The Morgan fingerprint density at radius 3 is 2.75 bits per heavy atom. The second kappa shape index (κ2) is 12.2. The lowest BCUT2D eigenvalue weighted by molar-refractivity contribution is -0.110. The third-order valence-electron chi connectivity index (χ3n) is 5.89. The molecular formula is C23H30N4O7S2. The highest BCUT2D eigenvalue weighted by atomic mass is 32.2. The van der Waals surface area contributed by atoms with E-state index in [-0.39, 0.29) is 29.4 Å². The van der Waals surface area contributed by atoms with Crippen molar-refractivity contribution in [3.05, 3.63) is 40.9 Å². The summed E-state index contributed by atoms with van der Waals surface area (Å²) in [7, 11) is -2.17. The Hall–Kier alpha value is -2.42. The van der Waals surface area contributed by atoms with Gasteiger partial charge in [0.2, 0.25) is 10.0 Å². The molecule has 1 saturated heterocycles. The van der Waals surface area contributed by atoms with Crippen LogP contribution in [-0.4, -0.2) is 68.7 Å². The van der Waals surface area contributed by atoms with Crippen molar-refractivity contribution < 1.29 is 32.6 Å². The maximum atomic E-state index is 13.1. The topological polar surface area (TPSA) is 148 Å². The number of hydrogen-bond donors (Lipinski definition) is 3. The minimum Gasteiger partial charge on any atom is -0.393 e. The predicted octanol–water partition coefficient (Wildman–Crippen LogP) is 2.02. The third kappa shape index (κ3) is 7.08. The van der Waals surface area contributed by atoms with Crippen molar-refractivity contribution in [2.45, 2.75) is 61.9 Å². The third-order valence-corrected chi connectivity index (χ3v) is 8.21. The Morgan fingerprint density at radius 2 is 2.08 bits per heavy atom. The van der Waals surface area contributed by atoms with Crippen LogP contribution in [0.2, 0.25) is 0 Å². The van der Waals surface area contributed by atoms with Gasteiger partial charge in [-0.15, -0.1) is 0 Å². The van der Waals surface area contributed by atoms with Crippen molar-refractivity contribution in [1.82, 2.24) is 9.71 Å². The number of carbonyl (C=O) groups is 1. The quantitative estimate of drug-likeness (QED) is 0.291. The largest absolute Gasteiger partial charge is 0.393 e. The van der Waals surface area contributed by atoms with E-state index in [2.05, 4.69) is 20.2 Å². The summed E-state index contributed by atoms with van der Waals surface area (Å²) in [5.41, 5.74) is 0.342. The minimum absolute atomic E-state index is 0.0313. The highest BCUT2D eigenvalue weighted by molar-refractivity contribution is 7.89. The van der Waals surface area contributed by atoms with E-state index in [1.54, 1.807) is 13.3 Å². The number of aliphatic hydroxyl groups excluding tert-OH is 1. The van der Waals surface area contributed by atoms with E-state index in [9.17, 15) is 18.3 Å². The second-order valence-electron chi connectivity index (χ2n) is 8.66. The summed E-state index contributed by atoms with van der Waals surface area (Å²) in [5, 5.41) is 16.9. The number of rotatable bonds is 11. The number of methoxy groups -OCH3 is 1. The number of amides is 1. The smallest absolute Gasteiger partial charge is 0.280 e. The highest BCUT2D eigenvalue weighted by Crippen LogP contribution is 2.23. The number of sulfonamides is 1. The van der Waals surface area contributed by atoms with Gasteiger partial charge in [0.15, 0.2) is 10.8 Å². The van der Waals surface area contributed by atoms with Crippen molar-refractivity contribution in [2.24, 2.45) is 5.16 Å². The second-order valence-corrected chi connectivity index (χ2v) is 11.5. The lowest BCUT2D eigenvalue weighted by atomic mass is 10.1. The number of anilines is 1. The minimum atomic E-state index is -3.74. The molecule has 13 heteroatoms. The van der Waals surface area contributed by atoms with Crippen LogP contribution >= 0.6 is 11.3 Å². The van der Waals surface area contributed by atoms with Crippen LogP contribution in [-0.2, 0) is 35.7 Å². The summed E-state index contributed by atoms with van der Waals surface area (Å²) in [4.78, 5) is 23.8. The zero-order valence-electron chi connectivity index (χ0n) is 19.9. The molecule has 0 unspecified atom stereocenters. The van der Waals surface area contributed by atoms with Crippen LogP contribution in [0.3, 0.4) is 0 Å². The van der Waals surface area contributed by atoms with Gasteiger partial charge in [-0.25, -0.2) is 18.1 Å². The van der Waals surface area contributed by atoms with Gasteiger partial charge in [-0.1, -0.05) is 28.6 Å². The van der Waals surface area contributed by atoms with Crippen LogP contribution in [0, 0.1) is 0 Å². The van der Waals surface area contributed by atoms with Gasteiger partial charge in [0.25, 0.3) is 5.91 Å². The molecule has 196 valence electrons. The Kier molecular flexibility index (Phi) is 9.04. The van der Waals surface area contributed by atoms with E-state index in [1.807, 2.05) is 0 Å². The number of hydrogen-bond acceptors (Lipinski definition) is 10. The lowest BCUT2D eigenvalue weighted by Gasteiger charge is -2.13. The fraction of sp³-hybridized carbons (Fsp3) is 0.522. The fourth-order valence-corrected chi connectivity index (χ4v) is 5.83. The summed E-state index contributed by atoms with van der Waals surface area (Å²) in [6, 6.07) is 5.83. The van der Waals surface area contributed by atoms with Gasteiger partial charge < -0.3 is 19.4 Å². The van der Waals surface area contributed by atoms with E-state index >= 15 is 0 Å². The van der Waals surface area contributed by atoms with E-state index in [0.29, 0.717) is 43.2 Å². The van der Waals surface area contributed by atoms with Gasteiger partial charge in [0.1, 0.15) is 6.10 Å². The first-order chi connectivity index (χ1) is 17.3. The van der Waals surface area contributed by atoms with E-state index in [1.165, 1.54) is 35.6 Å². The van der Waals surface area contributed by atoms with Crippen LogP contribution in [0.15, 0.2) is 40.5 Å². The Balaban J connectivity index is 1.50. The molecular weight excluding hydrogens is 508 g/mol. The van der Waals surface area contributed by atoms with Gasteiger partial charge in [-0.3, -0.25) is 10.1 Å². The number of aromatic nitrogens is 1. The zero-order chi connectivity index (χ0) is 25.5. The molecule has 1 aliphatic carbocycles. The maximum Gasteiger partial charge on any atom is 0.280 e. The summed E-state index contributed by atoms with van der Waals surface area (Å²) in [6.45, 7) is 1.22. The number of ether oxygens (including phenoxy) is 2. The average Bonchev–Trinajstić information content (AvgIpc) is 3.62. The molecule has 2 aromatic rings. The van der Waals surface area contributed by atoms with Crippen LogP contribution in [0.1, 0.15) is 42.5 Å². The molecule has 2 aliphatic rings. The first kappa shape index (κ1) is 26.6. The number of thiazole rings is 1. The lowest BCUT2D eigenvalue weighted by Crippen LogP contribution is -2.31. The van der Waals surface area contributed by atoms with Crippen molar-refractivity contribution in [3.8, 4) is 0 Å². The first-order valence-corrected chi connectivity index (χ1v) is 14.0. The molecule has 11 nitrogen and oxygen atoms in total. The Bertz CT molecular complexity index is 1160. The molecule has 3 atom stereocenters. The number of nitrogens with one attached hydrogen (secondary N) is 2. The fourth-order valence-electron chi connectivity index (χ4n) is 3.98. The Labute approximate surface area is 213 Å². The summed E-state index contributed by atoms with van der Waals surface area (Å²) in [5.74, 6) is -0.557. The Morgan fingerprint density at radius 1 is 1.28 bits per heavy atom. The molecule has 1 saturated carbocycles. The monoisotopic (exact) mass is 538 g/mol. The maximum absolute atomic E-state index is 13.1. The molecule has 4 rings (SSSR count). The average molecular weight is 539 g/mol. The molecule has 0 bridgehead atoms. The number of benzene rings is 1. The van der Waals surface area contributed by atoms with Crippen molar-refractivity contribution in [2.75, 3.05) is 25.6 Å². The molecule has 0 radical (unpaired) electrons. The van der Waals surface area contributed by atoms with Gasteiger partial charge in [-0.05, 0) is 37.8 Å². The molecule has 2 heterocycles. The molecule has 2 fully saturated rings. The molecule has 36 heavy (non-hydrogen) atoms. The van der Waals surface area contributed by atoms with Crippen molar-refractivity contribution in [3.63, 3.8) is 0 Å². The van der Waals surface area contributed by atoms with Crippen molar-refractivity contribution in [1.29, 1.82) is 0 Å². The predicted molar refractivity (Wildman–Crippen MR) is 133 cm³/mol.